The third kappa shape index (κ3) is 5.44. The number of ether oxygens (including phenoxy) is 2. The van der Waals surface area contributed by atoms with Gasteiger partial charge in [-0.2, -0.15) is 0 Å². The van der Waals surface area contributed by atoms with Gasteiger partial charge in [0.15, 0.2) is 0 Å². The number of rotatable bonds is 10. The Balaban J connectivity index is 1.29. The minimum Gasteiger partial charge on any atom is -0.496 e. The maximum absolute atomic E-state index is 12.8. The Morgan fingerprint density at radius 2 is 1.69 bits per heavy atom. The van der Waals surface area contributed by atoms with Gasteiger partial charge in [0.2, 0.25) is 0 Å². The first kappa shape index (κ1) is 25.0. The van der Waals surface area contributed by atoms with Crippen LogP contribution in [0.15, 0.2) is 53.3 Å². The van der Waals surface area contributed by atoms with Crippen molar-refractivity contribution >= 4 is 16.9 Å². The Morgan fingerprint density at radius 1 is 1.00 bits per heavy atom. The van der Waals surface area contributed by atoms with Gasteiger partial charge in [-0.15, -0.1) is 0 Å². The minimum absolute atomic E-state index is 0.0487. The molecule has 1 fully saturated rings. The first-order valence-corrected chi connectivity index (χ1v) is 12.4. The van der Waals surface area contributed by atoms with Gasteiger partial charge in [-0.3, -0.25) is 13.9 Å². The van der Waals surface area contributed by atoms with E-state index in [1.165, 1.54) is 0 Å². The molecule has 1 N–H and O–H groups in total. The van der Waals surface area contributed by atoms with E-state index in [1.807, 2.05) is 52.5 Å². The molecule has 1 saturated heterocycles. The van der Waals surface area contributed by atoms with E-state index in [1.54, 1.807) is 26.4 Å². The van der Waals surface area contributed by atoms with Crippen molar-refractivity contribution in [2.75, 3.05) is 33.9 Å². The van der Waals surface area contributed by atoms with Crippen LogP contribution in [0, 0.1) is 0 Å². The molecule has 0 spiro atoms. The molecule has 8 heteroatoms. The molecule has 8 nitrogen and oxygen atoms in total. The summed E-state index contributed by atoms with van der Waals surface area (Å²) < 4.78 is 14.8. The smallest absolute Gasteiger partial charge is 0.329 e. The lowest BCUT2D eigenvalue weighted by Crippen LogP contribution is -2.54. The van der Waals surface area contributed by atoms with Gasteiger partial charge in [0, 0.05) is 33.3 Å². The van der Waals surface area contributed by atoms with E-state index in [9.17, 15) is 9.59 Å². The van der Waals surface area contributed by atoms with Crippen LogP contribution in [-0.4, -0.2) is 65.9 Å². The zero-order valence-electron chi connectivity index (χ0n) is 20.9. The predicted octanol–water partition coefficient (Wildman–Crippen LogP) is 3.13. The van der Waals surface area contributed by atoms with Crippen molar-refractivity contribution in [2.24, 2.45) is 0 Å². The van der Waals surface area contributed by atoms with E-state index in [0.717, 1.165) is 49.9 Å². The average Bonchev–Trinajstić information content (AvgIpc) is 3.17. The summed E-state index contributed by atoms with van der Waals surface area (Å²) in [5.41, 5.74) is 2.61. The molecule has 2 aromatic carbocycles. The van der Waals surface area contributed by atoms with Crippen LogP contribution in [0.1, 0.15) is 36.5 Å². The summed E-state index contributed by atoms with van der Waals surface area (Å²) in [6.45, 7) is 5.99. The number of hydrogen-bond donors (Lipinski definition) is 1. The molecule has 1 amide bonds. The van der Waals surface area contributed by atoms with Crippen molar-refractivity contribution in [3.63, 3.8) is 0 Å². The van der Waals surface area contributed by atoms with Gasteiger partial charge < -0.3 is 19.7 Å². The Morgan fingerprint density at radius 3 is 2.40 bits per heavy atom. The van der Waals surface area contributed by atoms with Crippen LogP contribution in [0.2, 0.25) is 0 Å². The number of unbranched alkanes of at least 4 members (excludes halogenated alkanes) is 1. The second-order valence-corrected chi connectivity index (χ2v) is 9.02. The van der Waals surface area contributed by atoms with Crippen LogP contribution in [0.3, 0.4) is 0 Å². The number of amides is 1. The number of methoxy groups -OCH3 is 2. The van der Waals surface area contributed by atoms with Crippen LogP contribution in [-0.2, 0) is 17.8 Å². The lowest BCUT2D eigenvalue weighted by Gasteiger charge is -2.38. The maximum atomic E-state index is 12.8. The van der Waals surface area contributed by atoms with E-state index in [0.29, 0.717) is 24.4 Å². The highest BCUT2D eigenvalue weighted by atomic mass is 16.5. The molecule has 1 aliphatic rings. The second kappa shape index (κ2) is 11.6. The van der Waals surface area contributed by atoms with Crippen LogP contribution >= 0.6 is 0 Å². The summed E-state index contributed by atoms with van der Waals surface area (Å²) in [4.78, 5) is 28.0. The zero-order valence-corrected chi connectivity index (χ0v) is 20.9. The van der Waals surface area contributed by atoms with Gasteiger partial charge in [0.25, 0.3) is 5.91 Å². The third-order valence-corrected chi connectivity index (χ3v) is 6.96. The average molecular weight is 481 g/mol. The number of imidazole rings is 1. The molecule has 1 aliphatic heterocycles. The highest BCUT2D eigenvalue weighted by Gasteiger charge is 2.31. The van der Waals surface area contributed by atoms with Gasteiger partial charge in [-0.25, -0.2) is 4.79 Å². The molecule has 2 heterocycles. The molecule has 0 aliphatic carbocycles. The number of aryl methyl sites for hydroxylation is 2. The summed E-state index contributed by atoms with van der Waals surface area (Å²) in [6.07, 6.45) is 2.67. The van der Waals surface area contributed by atoms with Gasteiger partial charge in [-0.05, 0) is 57.0 Å². The highest BCUT2D eigenvalue weighted by Crippen LogP contribution is 2.20. The van der Waals surface area contributed by atoms with Gasteiger partial charge in [-0.1, -0.05) is 24.3 Å². The Labute approximate surface area is 206 Å². The first-order valence-electron chi connectivity index (χ1n) is 12.4. The van der Waals surface area contributed by atoms with Crippen molar-refractivity contribution < 1.29 is 14.3 Å². The number of benzene rings is 2. The number of aromatic nitrogens is 2. The van der Waals surface area contributed by atoms with E-state index in [4.69, 9.17) is 9.47 Å². The predicted molar refractivity (Wildman–Crippen MR) is 137 cm³/mol. The number of carbonyl (C=O) groups excluding carboxylic acids is 1. The number of nitrogens with zero attached hydrogens (tertiary/aromatic N) is 3. The van der Waals surface area contributed by atoms with Gasteiger partial charge >= 0.3 is 5.69 Å². The number of fused-ring (bicyclic) bond motifs is 1. The summed E-state index contributed by atoms with van der Waals surface area (Å²) in [5, 5.41) is 3.14. The SMILES string of the molecule is CCn1c(=O)n(CCCCN2CCC(NC(=O)c3ccccc3OC)C(OC)C2)c2ccccc21. The van der Waals surface area contributed by atoms with E-state index < -0.39 is 0 Å². The summed E-state index contributed by atoms with van der Waals surface area (Å²) >= 11 is 0. The quantitative estimate of drug-likeness (QED) is 0.451. The summed E-state index contributed by atoms with van der Waals surface area (Å²) in [5.74, 6) is 0.428. The Hall–Kier alpha value is -3.10. The number of para-hydroxylation sites is 3. The van der Waals surface area contributed by atoms with Gasteiger partial charge in [0.1, 0.15) is 5.75 Å². The lowest BCUT2D eigenvalue weighted by atomic mass is 10.0. The van der Waals surface area contributed by atoms with E-state index in [-0.39, 0.29) is 23.7 Å². The molecule has 0 bridgehead atoms. The third-order valence-electron chi connectivity index (χ3n) is 6.96. The Bertz CT molecular complexity index is 1200. The van der Waals surface area contributed by atoms with Crippen molar-refractivity contribution in [1.29, 1.82) is 0 Å². The van der Waals surface area contributed by atoms with E-state index in [2.05, 4.69) is 10.2 Å². The number of carbonyl (C=O) groups is 1. The Kier molecular flexibility index (Phi) is 8.25. The number of hydrogen-bond acceptors (Lipinski definition) is 5. The fraction of sp³-hybridized carbons (Fsp3) is 0.481. The maximum Gasteiger partial charge on any atom is 0.329 e. The summed E-state index contributed by atoms with van der Waals surface area (Å²) in [7, 11) is 3.27. The lowest BCUT2D eigenvalue weighted by molar-refractivity contribution is 0.00593. The van der Waals surface area contributed by atoms with Gasteiger partial charge in [0.05, 0.1) is 35.9 Å². The molecule has 0 radical (unpaired) electrons. The summed E-state index contributed by atoms with van der Waals surface area (Å²) in [6, 6.07) is 15.2. The van der Waals surface area contributed by atoms with Crippen LogP contribution in [0.25, 0.3) is 11.0 Å². The molecule has 2 unspecified atom stereocenters. The molecule has 4 rings (SSSR count). The standard InChI is InChI=1S/C27H36N4O4/c1-4-30-22-12-6-7-13-23(22)31(27(30)33)17-10-9-16-29-18-15-21(25(19-29)35-3)28-26(32)20-11-5-8-14-24(20)34-2/h5-8,11-14,21,25H,4,9-10,15-19H2,1-3H3,(H,28,32). The fourth-order valence-electron chi connectivity index (χ4n) is 5.07. The normalized spacial score (nSPS) is 18.6. The first-order chi connectivity index (χ1) is 17.1. The molecule has 1 aromatic heterocycles. The van der Waals surface area contributed by atoms with Crippen LogP contribution in [0.5, 0.6) is 5.75 Å². The molecule has 0 saturated carbocycles. The van der Waals surface area contributed by atoms with Crippen molar-refractivity contribution in [3.8, 4) is 5.75 Å². The number of nitrogens with one attached hydrogen (secondary N) is 1. The van der Waals surface area contributed by atoms with Crippen LogP contribution < -0.4 is 15.7 Å². The largest absolute Gasteiger partial charge is 0.496 e. The molecule has 2 atom stereocenters. The highest BCUT2D eigenvalue weighted by molar-refractivity contribution is 5.97. The minimum atomic E-state index is -0.139. The molecular weight excluding hydrogens is 444 g/mol. The second-order valence-electron chi connectivity index (χ2n) is 9.02. The van der Waals surface area contributed by atoms with Crippen LogP contribution in [0.4, 0.5) is 0 Å². The number of piperidine rings is 1. The van der Waals surface area contributed by atoms with E-state index >= 15 is 0 Å². The molecule has 188 valence electrons. The topological polar surface area (TPSA) is 77.7 Å². The van der Waals surface area contributed by atoms with Crippen molar-refractivity contribution in [3.05, 3.63) is 64.6 Å². The fourth-order valence-corrected chi connectivity index (χ4v) is 5.07. The van der Waals surface area contributed by atoms with Crippen molar-refractivity contribution in [1.82, 2.24) is 19.4 Å². The molecular formula is C27H36N4O4. The zero-order chi connectivity index (χ0) is 24.8. The monoisotopic (exact) mass is 480 g/mol. The number of likely N-dealkylation sites (tertiary alicyclic amines) is 1. The van der Waals surface area contributed by atoms with Crippen molar-refractivity contribution in [2.45, 2.75) is 51.4 Å². The molecule has 3 aromatic rings. The molecule has 35 heavy (non-hydrogen) atoms.